The summed E-state index contributed by atoms with van der Waals surface area (Å²) in [4.78, 5) is 29.9. The van der Waals surface area contributed by atoms with Gasteiger partial charge in [-0.25, -0.2) is 9.18 Å². The molecule has 3 aromatic rings. The lowest BCUT2D eigenvalue weighted by Gasteiger charge is -2.23. The number of amides is 1. The number of hydrogen-bond donors (Lipinski definition) is 2. The van der Waals surface area contributed by atoms with Crippen molar-refractivity contribution in [3.05, 3.63) is 71.2 Å². The van der Waals surface area contributed by atoms with Crippen LogP contribution in [-0.4, -0.2) is 30.0 Å². The zero-order chi connectivity index (χ0) is 20.5. The largest absolute Gasteiger partial charge is 0.461 e. The molecule has 1 aromatic heterocycles. The molecule has 1 aliphatic rings. The molecular weight excluding hydrogens is 373 g/mol. The van der Waals surface area contributed by atoms with Gasteiger partial charge in [0.25, 0.3) is 5.91 Å². The number of nitrogens with two attached hydrogens (primary N) is 1. The number of benzene rings is 2. The number of anilines is 2. The number of esters is 1. The summed E-state index contributed by atoms with van der Waals surface area (Å²) in [6, 6.07) is 12.6. The van der Waals surface area contributed by atoms with Gasteiger partial charge in [0.15, 0.2) is 0 Å². The van der Waals surface area contributed by atoms with E-state index in [4.69, 9.17) is 10.5 Å². The molecule has 6 nitrogen and oxygen atoms in total. The van der Waals surface area contributed by atoms with Crippen molar-refractivity contribution in [3.8, 4) is 11.3 Å². The summed E-state index contributed by atoms with van der Waals surface area (Å²) >= 11 is 0. The van der Waals surface area contributed by atoms with Crippen LogP contribution in [0.2, 0.25) is 0 Å². The van der Waals surface area contributed by atoms with Crippen LogP contribution in [0, 0.1) is 5.82 Å². The van der Waals surface area contributed by atoms with Crippen LogP contribution in [0.1, 0.15) is 33.3 Å². The van der Waals surface area contributed by atoms with E-state index in [9.17, 15) is 14.0 Å². The van der Waals surface area contributed by atoms with Gasteiger partial charge in [-0.2, -0.15) is 0 Å². The van der Waals surface area contributed by atoms with E-state index in [0.29, 0.717) is 46.9 Å². The van der Waals surface area contributed by atoms with Gasteiger partial charge in [-0.1, -0.05) is 0 Å². The molecule has 4 rings (SSSR count). The SMILES string of the molecule is CCOC(=O)c1cc2c([nH]1)-c1ccc(F)cc1N(C(=O)c1ccc(N)cc1)CC2. The minimum Gasteiger partial charge on any atom is -0.461 e. The lowest BCUT2D eigenvalue weighted by molar-refractivity contribution is 0.0520. The molecule has 2 heterocycles. The lowest BCUT2D eigenvalue weighted by Crippen LogP contribution is -2.32. The fourth-order valence-electron chi connectivity index (χ4n) is 3.54. The molecule has 1 amide bonds. The van der Waals surface area contributed by atoms with E-state index in [1.165, 1.54) is 12.1 Å². The molecular formula is C22H20FN3O3. The Kier molecular flexibility index (Phi) is 4.80. The number of aromatic nitrogens is 1. The molecule has 148 valence electrons. The summed E-state index contributed by atoms with van der Waals surface area (Å²) in [5, 5.41) is 0. The van der Waals surface area contributed by atoms with E-state index in [0.717, 1.165) is 5.56 Å². The van der Waals surface area contributed by atoms with Crippen molar-refractivity contribution in [2.45, 2.75) is 13.3 Å². The number of nitrogens with zero attached hydrogens (tertiary/aromatic N) is 1. The van der Waals surface area contributed by atoms with Gasteiger partial charge in [-0.15, -0.1) is 0 Å². The van der Waals surface area contributed by atoms with Crippen molar-refractivity contribution in [2.24, 2.45) is 0 Å². The van der Waals surface area contributed by atoms with E-state index >= 15 is 0 Å². The normalized spacial score (nSPS) is 12.7. The van der Waals surface area contributed by atoms with Crippen molar-refractivity contribution in [1.29, 1.82) is 0 Å². The quantitative estimate of drug-likeness (QED) is 0.524. The Hall–Kier alpha value is -3.61. The molecule has 0 saturated heterocycles. The zero-order valence-electron chi connectivity index (χ0n) is 15.9. The second-order valence-electron chi connectivity index (χ2n) is 6.79. The molecule has 3 N–H and O–H groups in total. The van der Waals surface area contributed by atoms with Gasteiger partial charge < -0.3 is 20.4 Å². The van der Waals surface area contributed by atoms with Crippen LogP contribution >= 0.6 is 0 Å². The van der Waals surface area contributed by atoms with E-state index in [-0.39, 0.29) is 12.5 Å². The Labute approximate surface area is 167 Å². The van der Waals surface area contributed by atoms with E-state index in [2.05, 4.69) is 4.98 Å². The van der Waals surface area contributed by atoms with Crippen LogP contribution in [0.15, 0.2) is 48.5 Å². The summed E-state index contributed by atoms with van der Waals surface area (Å²) in [6.45, 7) is 2.35. The highest BCUT2D eigenvalue weighted by Gasteiger charge is 2.28. The monoisotopic (exact) mass is 393 g/mol. The second-order valence-corrected chi connectivity index (χ2v) is 6.79. The van der Waals surface area contributed by atoms with E-state index in [1.807, 2.05) is 0 Å². The highest BCUT2D eigenvalue weighted by molar-refractivity contribution is 6.08. The third-order valence-corrected chi connectivity index (χ3v) is 4.92. The van der Waals surface area contributed by atoms with Crippen LogP contribution in [0.25, 0.3) is 11.3 Å². The molecule has 0 aliphatic carbocycles. The summed E-state index contributed by atoms with van der Waals surface area (Å²) in [5.74, 6) is -1.13. The van der Waals surface area contributed by atoms with Crippen LogP contribution in [0.5, 0.6) is 0 Å². The minimum absolute atomic E-state index is 0.243. The number of hydrogen-bond acceptors (Lipinski definition) is 4. The highest BCUT2D eigenvalue weighted by atomic mass is 19.1. The van der Waals surface area contributed by atoms with Gasteiger partial charge in [0, 0.05) is 23.4 Å². The predicted molar refractivity (Wildman–Crippen MR) is 108 cm³/mol. The Morgan fingerprint density at radius 1 is 1.17 bits per heavy atom. The van der Waals surface area contributed by atoms with Gasteiger partial charge in [-0.3, -0.25) is 4.79 Å². The van der Waals surface area contributed by atoms with Gasteiger partial charge in [0.2, 0.25) is 0 Å². The Morgan fingerprint density at radius 2 is 1.93 bits per heavy atom. The number of rotatable bonds is 3. The third-order valence-electron chi connectivity index (χ3n) is 4.92. The third kappa shape index (κ3) is 3.47. The molecule has 0 spiro atoms. The molecule has 7 heteroatoms. The van der Waals surface area contributed by atoms with Crippen molar-refractivity contribution in [1.82, 2.24) is 4.98 Å². The van der Waals surface area contributed by atoms with Crippen LogP contribution in [0.3, 0.4) is 0 Å². The van der Waals surface area contributed by atoms with Crippen LogP contribution in [0.4, 0.5) is 15.8 Å². The highest BCUT2D eigenvalue weighted by Crippen LogP contribution is 2.37. The maximum Gasteiger partial charge on any atom is 0.354 e. The van der Waals surface area contributed by atoms with Gasteiger partial charge >= 0.3 is 5.97 Å². The Morgan fingerprint density at radius 3 is 2.66 bits per heavy atom. The molecule has 1 aliphatic heterocycles. The average Bonchev–Trinajstić information content (AvgIpc) is 3.07. The summed E-state index contributed by atoms with van der Waals surface area (Å²) in [5.41, 5.74) is 9.74. The fourth-order valence-corrected chi connectivity index (χ4v) is 3.54. The topological polar surface area (TPSA) is 88.4 Å². The second kappa shape index (κ2) is 7.43. The van der Waals surface area contributed by atoms with Crippen LogP contribution in [-0.2, 0) is 11.2 Å². The van der Waals surface area contributed by atoms with Gasteiger partial charge in [0.05, 0.1) is 18.0 Å². The molecule has 0 atom stereocenters. The van der Waals surface area contributed by atoms with Gasteiger partial charge in [-0.05, 0) is 67.4 Å². The Bertz CT molecular complexity index is 1090. The number of ether oxygens (including phenoxy) is 1. The maximum atomic E-state index is 14.1. The number of carbonyl (C=O) groups excluding carboxylic acids is 2. The lowest BCUT2D eigenvalue weighted by atomic mass is 10.1. The number of nitrogen functional groups attached to an aromatic ring is 1. The van der Waals surface area contributed by atoms with Crippen molar-refractivity contribution < 1.29 is 18.7 Å². The number of aromatic amines is 1. The molecule has 0 unspecified atom stereocenters. The summed E-state index contributed by atoms with van der Waals surface area (Å²) in [7, 11) is 0. The molecule has 0 radical (unpaired) electrons. The summed E-state index contributed by atoms with van der Waals surface area (Å²) < 4.78 is 19.2. The first-order valence-electron chi connectivity index (χ1n) is 9.34. The van der Waals surface area contributed by atoms with E-state index in [1.54, 1.807) is 48.2 Å². The smallest absolute Gasteiger partial charge is 0.354 e. The zero-order valence-corrected chi connectivity index (χ0v) is 15.9. The first kappa shape index (κ1) is 18.7. The average molecular weight is 393 g/mol. The van der Waals surface area contributed by atoms with Crippen molar-refractivity contribution in [3.63, 3.8) is 0 Å². The molecule has 0 saturated carbocycles. The van der Waals surface area contributed by atoms with Crippen LogP contribution < -0.4 is 10.6 Å². The maximum absolute atomic E-state index is 14.1. The minimum atomic E-state index is -0.445. The summed E-state index contributed by atoms with van der Waals surface area (Å²) in [6.07, 6.45) is 0.502. The predicted octanol–water partition coefficient (Wildman–Crippen LogP) is 3.78. The number of H-pyrrole nitrogens is 1. The molecule has 0 fully saturated rings. The first-order chi connectivity index (χ1) is 14.0. The van der Waals surface area contributed by atoms with E-state index < -0.39 is 11.8 Å². The fraction of sp³-hybridized carbons (Fsp3) is 0.182. The molecule has 29 heavy (non-hydrogen) atoms. The van der Waals surface area contributed by atoms with Gasteiger partial charge in [0.1, 0.15) is 11.5 Å². The number of nitrogens with one attached hydrogen (secondary N) is 1. The first-order valence-corrected chi connectivity index (χ1v) is 9.34. The number of fused-ring (bicyclic) bond motifs is 3. The number of halogens is 1. The standard InChI is InChI=1S/C22H20FN3O3/c1-2-29-22(28)18-11-14-9-10-26(21(27)13-3-6-16(24)7-4-13)19-12-15(23)5-8-17(19)20(14)25-18/h3-8,11-12,25H,2,9-10,24H2,1H3. The van der Waals surface area contributed by atoms with Crippen molar-refractivity contribution in [2.75, 3.05) is 23.8 Å². The Balaban J connectivity index is 1.78. The molecule has 0 bridgehead atoms. The van der Waals surface area contributed by atoms with Crippen molar-refractivity contribution >= 4 is 23.3 Å². The number of carbonyl (C=O) groups is 2. The molecule has 2 aromatic carbocycles.